The first kappa shape index (κ1) is 33.6. The molecule has 4 atom stereocenters. The van der Waals surface area contributed by atoms with Crippen LogP contribution in [-0.2, 0) is 27.6 Å². The second-order valence-corrected chi connectivity index (χ2v) is 15.7. The molecule has 3 N–H and O–H groups in total. The van der Waals surface area contributed by atoms with Crippen molar-refractivity contribution < 1.29 is 37.1 Å². The topological polar surface area (TPSA) is 144 Å². The van der Waals surface area contributed by atoms with E-state index in [1.54, 1.807) is 35.8 Å². The molecular weight excluding hydrogens is 609 g/mol. The van der Waals surface area contributed by atoms with Crippen LogP contribution in [0, 0.1) is 0 Å². The smallest absolute Gasteiger partial charge is 0.389 e. The van der Waals surface area contributed by atoms with Gasteiger partial charge in [0.05, 0.1) is 38.3 Å². The number of phosphoric ester groups is 1. The normalized spacial score (nSPS) is 22.1. The number of phosphoric acid groups is 1. The Morgan fingerprint density at radius 1 is 1.05 bits per heavy atom. The van der Waals surface area contributed by atoms with Crippen LogP contribution in [0.4, 0.5) is 10.2 Å². The number of methoxy groups -OCH3 is 2. The fourth-order valence-corrected chi connectivity index (χ4v) is 9.24. The molecule has 214 valence electrons. The Bertz CT molecular complexity index is 872. The first-order valence-electron chi connectivity index (χ1n) is 11.1. The van der Waals surface area contributed by atoms with E-state index in [0.29, 0.717) is 24.7 Å². The number of ether oxygens (including phenoxy) is 2. The summed E-state index contributed by atoms with van der Waals surface area (Å²) in [5, 5.41) is 8.57. The van der Waals surface area contributed by atoms with Crippen LogP contribution >= 0.6 is 62.8 Å². The summed E-state index contributed by atoms with van der Waals surface area (Å²) in [6, 6.07) is 1.37. The van der Waals surface area contributed by atoms with Crippen LogP contribution in [0.2, 0.25) is 0 Å². The van der Waals surface area contributed by atoms with Gasteiger partial charge in [-0.05, 0) is 6.07 Å². The number of nitrogens with two attached hydrogens (primary N) is 1. The highest BCUT2D eigenvalue weighted by atomic mass is 33.1. The van der Waals surface area contributed by atoms with Crippen LogP contribution in [0.3, 0.4) is 0 Å². The van der Waals surface area contributed by atoms with Crippen molar-refractivity contribution in [2.75, 3.05) is 76.0 Å². The molecule has 37 heavy (non-hydrogen) atoms. The summed E-state index contributed by atoms with van der Waals surface area (Å²) in [7, 11) is 5.55. The van der Waals surface area contributed by atoms with E-state index >= 15 is 0 Å². The van der Waals surface area contributed by atoms with Crippen LogP contribution in [0.25, 0.3) is 0 Å². The van der Waals surface area contributed by atoms with Gasteiger partial charge in [0, 0.05) is 43.4 Å². The standard InChI is InChI=1S/C19H33FN3O8PS5/c1-27-5-9-33-35-11-7-29-32(26,30-8-12-36-34-10-6-28-2)31-13-14-17(24)16(20)18(37-14)23-4-3-15(21)22-19(23)25/h3-4,14,16-18,24H,5-13H2,1-2H3,(H2,21,22,25)/t14-,16+,17-,18-/m1/s1. The Kier molecular flexibility index (Phi) is 16.9. The number of anilines is 1. The van der Waals surface area contributed by atoms with Gasteiger partial charge in [0.15, 0.2) is 6.17 Å². The highest BCUT2D eigenvalue weighted by Crippen LogP contribution is 2.52. The lowest BCUT2D eigenvalue weighted by atomic mass is 10.1. The van der Waals surface area contributed by atoms with Gasteiger partial charge in [0.1, 0.15) is 17.3 Å². The zero-order valence-electron chi connectivity index (χ0n) is 20.5. The first-order valence-corrected chi connectivity index (χ1v) is 18.5. The maximum absolute atomic E-state index is 14.9. The highest BCUT2D eigenvalue weighted by Gasteiger charge is 2.46. The monoisotopic (exact) mass is 641 g/mol. The first-order chi connectivity index (χ1) is 17.8. The number of aliphatic hydroxyl groups excluding tert-OH is 1. The summed E-state index contributed by atoms with van der Waals surface area (Å²) in [4.78, 5) is 15.7. The average molecular weight is 642 g/mol. The molecule has 0 unspecified atom stereocenters. The third kappa shape index (κ3) is 12.2. The number of halogens is 1. The minimum Gasteiger partial charge on any atom is -0.389 e. The van der Waals surface area contributed by atoms with E-state index in [9.17, 15) is 18.9 Å². The fourth-order valence-electron chi connectivity index (χ4n) is 2.80. The zero-order valence-corrected chi connectivity index (χ0v) is 25.4. The summed E-state index contributed by atoms with van der Waals surface area (Å²) >= 11 is 0.981. The molecular formula is C19H33FN3O8PS5. The predicted molar refractivity (Wildman–Crippen MR) is 153 cm³/mol. The number of rotatable bonds is 20. The average Bonchev–Trinajstić information content (AvgIpc) is 3.15. The molecule has 1 aromatic heterocycles. The second kappa shape index (κ2) is 18.7. The van der Waals surface area contributed by atoms with Crippen molar-refractivity contribution in [2.45, 2.75) is 22.9 Å². The number of nitrogens with zero attached hydrogens (tertiary/aromatic N) is 2. The van der Waals surface area contributed by atoms with Crippen LogP contribution in [0.1, 0.15) is 5.37 Å². The van der Waals surface area contributed by atoms with Crippen LogP contribution < -0.4 is 11.4 Å². The van der Waals surface area contributed by atoms with Gasteiger partial charge in [0.2, 0.25) is 0 Å². The third-order valence-corrected chi connectivity index (χ3v) is 12.2. The summed E-state index contributed by atoms with van der Waals surface area (Å²) in [6.45, 7) is 1.17. The maximum atomic E-state index is 14.9. The minimum absolute atomic E-state index is 0.0147. The number of alkyl halides is 1. The molecule has 18 heteroatoms. The van der Waals surface area contributed by atoms with Gasteiger partial charge in [0.25, 0.3) is 0 Å². The second-order valence-electron chi connectivity index (χ2n) is 7.23. The molecule has 1 aromatic rings. The molecule has 0 saturated carbocycles. The van der Waals surface area contributed by atoms with E-state index < -0.39 is 36.4 Å². The van der Waals surface area contributed by atoms with E-state index in [0.717, 1.165) is 27.8 Å². The van der Waals surface area contributed by atoms with Crippen molar-refractivity contribution in [3.63, 3.8) is 0 Å². The molecule has 0 bridgehead atoms. The molecule has 11 nitrogen and oxygen atoms in total. The van der Waals surface area contributed by atoms with Gasteiger partial charge in [-0.2, -0.15) is 4.98 Å². The van der Waals surface area contributed by atoms with E-state index in [1.807, 2.05) is 0 Å². The summed E-state index contributed by atoms with van der Waals surface area (Å²) in [5.41, 5.74) is 4.77. The maximum Gasteiger partial charge on any atom is 0.474 e. The Morgan fingerprint density at radius 2 is 1.59 bits per heavy atom. The molecule has 1 fully saturated rings. The van der Waals surface area contributed by atoms with Gasteiger partial charge in [-0.25, -0.2) is 13.8 Å². The minimum atomic E-state index is -3.99. The van der Waals surface area contributed by atoms with Crippen LogP contribution in [0.15, 0.2) is 17.1 Å². The van der Waals surface area contributed by atoms with E-state index in [2.05, 4.69) is 4.98 Å². The summed E-state index contributed by atoms with van der Waals surface area (Å²) in [5.74, 6) is 2.70. The van der Waals surface area contributed by atoms with E-state index in [-0.39, 0.29) is 25.6 Å². The Balaban J connectivity index is 1.91. The lowest BCUT2D eigenvalue weighted by molar-refractivity contribution is 0.0561. The van der Waals surface area contributed by atoms with E-state index in [4.69, 9.17) is 28.8 Å². The molecule has 0 amide bonds. The molecule has 0 aliphatic carbocycles. The Morgan fingerprint density at radius 3 is 2.11 bits per heavy atom. The van der Waals surface area contributed by atoms with Gasteiger partial charge in [-0.1, -0.05) is 43.2 Å². The van der Waals surface area contributed by atoms with Crippen molar-refractivity contribution in [2.24, 2.45) is 0 Å². The lowest BCUT2D eigenvalue weighted by Crippen LogP contribution is -2.33. The zero-order chi connectivity index (χ0) is 27.1. The molecule has 2 rings (SSSR count). The largest absolute Gasteiger partial charge is 0.474 e. The van der Waals surface area contributed by atoms with Crippen LogP contribution in [-0.4, -0.2) is 102 Å². The van der Waals surface area contributed by atoms with Crippen molar-refractivity contribution in [3.05, 3.63) is 22.7 Å². The van der Waals surface area contributed by atoms with Gasteiger partial charge in [-0.3, -0.25) is 18.1 Å². The number of hydrogen-bond donors (Lipinski definition) is 2. The molecule has 0 aromatic carbocycles. The quantitative estimate of drug-likeness (QED) is 0.122. The lowest BCUT2D eigenvalue weighted by Gasteiger charge is -2.21. The number of hydrogen-bond acceptors (Lipinski definition) is 15. The third-order valence-electron chi connectivity index (χ3n) is 4.56. The number of thioether (sulfide) groups is 1. The number of nitrogen functional groups attached to an aromatic ring is 1. The number of aromatic nitrogens is 2. The number of aliphatic hydroxyl groups is 1. The molecule has 1 aliphatic rings. The molecule has 2 heterocycles. The van der Waals surface area contributed by atoms with Crippen molar-refractivity contribution in [1.82, 2.24) is 9.55 Å². The molecule has 0 radical (unpaired) electrons. The van der Waals surface area contributed by atoms with E-state index in [1.165, 1.54) is 33.9 Å². The van der Waals surface area contributed by atoms with Crippen molar-refractivity contribution >= 4 is 68.6 Å². The SMILES string of the molecule is COCCSSCCOP(=O)(OCCSSCCOC)OC[C@H]1S[C@@H](n2ccc(N)nc2=O)[C@@H](F)[C@@H]1O. The van der Waals surface area contributed by atoms with Gasteiger partial charge in [-0.15, -0.1) is 11.8 Å². The predicted octanol–water partition coefficient (Wildman–Crippen LogP) is 3.35. The summed E-state index contributed by atoms with van der Waals surface area (Å²) < 4.78 is 55.7. The van der Waals surface area contributed by atoms with Crippen molar-refractivity contribution in [3.8, 4) is 0 Å². The summed E-state index contributed by atoms with van der Waals surface area (Å²) in [6.07, 6.45) is -1.91. The Hall–Kier alpha value is 0.350. The fraction of sp³-hybridized carbons (Fsp3) is 0.789. The molecule has 1 aliphatic heterocycles. The molecule has 0 spiro atoms. The Labute approximate surface area is 236 Å². The van der Waals surface area contributed by atoms with Gasteiger partial charge >= 0.3 is 13.5 Å². The van der Waals surface area contributed by atoms with Gasteiger partial charge < -0.3 is 20.3 Å². The van der Waals surface area contributed by atoms with Crippen molar-refractivity contribution in [1.29, 1.82) is 0 Å². The van der Waals surface area contributed by atoms with Crippen LogP contribution in [0.5, 0.6) is 0 Å². The molecule has 1 saturated heterocycles. The highest BCUT2D eigenvalue weighted by molar-refractivity contribution is 8.77.